The molecule has 8 heteroatoms. The van der Waals surface area contributed by atoms with Gasteiger partial charge in [0.25, 0.3) is 10.5 Å². The minimum Gasteiger partial charge on any atom is -0.361 e. The fourth-order valence-electron chi connectivity index (χ4n) is 4.01. The van der Waals surface area contributed by atoms with Crippen molar-refractivity contribution in [1.29, 1.82) is 0 Å². The summed E-state index contributed by atoms with van der Waals surface area (Å²) in [5.74, 6) is 1.62. The standard InChI is InChI=1S/C22H47N4O2S2/c1-7-12-15-26(14-8-2,18-19-29-21(23)27)16-13-24(6)22(28)30-20-17-25(9-3,10-4)11-5/h7-20H2,1-6H3,(H-,23,27)/q+1/p+1. The van der Waals surface area contributed by atoms with E-state index in [-0.39, 0.29) is 10.5 Å². The summed E-state index contributed by atoms with van der Waals surface area (Å²) >= 11 is 2.67. The van der Waals surface area contributed by atoms with Crippen molar-refractivity contribution in [2.75, 3.05) is 77.5 Å². The van der Waals surface area contributed by atoms with Crippen molar-refractivity contribution in [1.82, 2.24) is 4.90 Å². The number of nitrogens with two attached hydrogens (primary N) is 1. The lowest BCUT2D eigenvalue weighted by atomic mass is 10.2. The lowest BCUT2D eigenvalue weighted by molar-refractivity contribution is -0.925. The second-order valence-electron chi connectivity index (χ2n) is 8.31. The van der Waals surface area contributed by atoms with Crippen LogP contribution in [0.15, 0.2) is 0 Å². The maximum Gasteiger partial charge on any atom is 0.281 e. The molecule has 1 unspecified atom stereocenters. The van der Waals surface area contributed by atoms with Crippen LogP contribution < -0.4 is 5.73 Å². The number of quaternary nitrogens is 2. The van der Waals surface area contributed by atoms with Gasteiger partial charge in [-0.25, -0.2) is 0 Å². The average molecular weight is 465 g/mol. The van der Waals surface area contributed by atoms with Gasteiger partial charge in [0.05, 0.1) is 70.4 Å². The smallest absolute Gasteiger partial charge is 0.281 e. The maximum atomic E-state index is 12.7. The van der Waals surface area contributed by atoms with Gasteiger partial charge in [0.15, 0.2) is 0 Å². The SMILES string of the molecule is CCCC[N+](CCC)(CCSC(N)=O)CCN(C)C(=O)SCC[N+](CC)(CC)CC. The number of rotatable bonds is 17. The molecule has 0 aromatic heterocycles. The highest BCUT2D eigenvalue weighted by atomic mass is 32.2. The second-order valence-corrected chi connectivity index (χ2v) is 10.5. The molecule has 0 spiro atoms. The van der Waals surface area contributed by atoms with Crippen molar-refractivity contribution >= 4 is 34.0 Å². The fraction of sp³-hybridized carbons (Fsp3) is 0.909. The highest BCUT2D eigenvalue weighted by molar-refractivity contribution is 8.13. The predicted octanol–water partition coefficient (Wildman–Crippen LogP) is 4.49. The van der Waals surface area contributed by atoms with Crippen LogP contribution in [0.25, 0.3) is 0 Å². The van der Waals surface area contributed by atoms with E-state index in [0.29, 0.717) is 0 Å². The summed E-state index contributed by atoms with van der Waals surface area (Å²) in [5, 5.41) is -0.127. The molecule has 6 nitrogen and oxygen atoms in total. The van der Waals surface area contributed by atoms with Crippen LogP contribution in [-0.4, -0.2) is 102 Å². The third-order valence-electron chi connectivity index (χ3n) is 6.52. The summed E-state index contributed by atoms with van der Waals surface area (Å²) < 4.78 is 2.05. The van der Waals surface area contributed by atoms with Crippen LogP contribution in [-0.2, 0) is 0 Å². The zero-order chi connectivity index (χ0) is 23.0. The number of carbonyl (C=O) groups is 2. The molecule has 0 rings (SSSR count). The average Bonchev–Trinajstić information content (AvgIpc) is 2.73. The van der Waals surface area contributed by atoms with Crippen LogP contribution in [0.2, 0.25) is 0 Å². The predicted molar refractivity (Wildman–Crippen MR) is 134 cm³/mol. The van der Waals surface area contributed by atoms with Crippen molar-refractivity contribution in [3.63, 3.8) is 0 Å². The Morgan fingerprint density at radius 2 is 1.33 bits per heavy atom. The summed E-state index contributed by atoms with van der Waals surface area (Å²) in [7, 11) is 1.93. The van der Waals surface area contributed by atoms with Crippen LogP contribution in [0.3, 0.4) is 0 Å². The van der Waals surface area contributed by atoms with Gasteiger partial charge in [0.2, 0.25) is 0 Å². The minimum absolute atomic E-state index is 0.174. The van der Waals surface area contributed by atoms with E-state index in [1.165, 1.54) is 29.9 Å². The van der Waals surface area contributed by atoms with E-state index in [9.17, 15) is 9.59 Å². The third-order valence-corrected chi connectivity index (χ3v) is 8.14. The summed E-state index contributed by atoms with van der Waals surface area (Å²) in [4.78, 5) is 25.8. The molecule has 0 saturated heterocycles. The monoisotopic (exact) mass is 464 g/mol. The number of carbonyl (C=O) groups excluding carboxylic acids is 2. The Balaban J connectivity index is 4.80. The van der Waals surface area contributed by atoms with Crippen LogP contribution in [0.4, 0.5) is 9.59 Å². The molecule has 0 aliphatic carbocycles. The van der Waals surface area contributed by atoms with E-state index in [2.05, 4.69) is 34.6 Å². The molecule has 0 saturated carbocycles. The van der Waals surface area contributed by atoms with Crippen molar-refractivity contribution in [3.05, 3.63) is 0 Å². The summed E-state index contributed by atoms with van der Waals surface area (Å²) in [6.45, 7) is 20.4. The number of nitrogens with zero attached hydrogens (tertiary/aromatic N) is 3. The summed E-state index contributed by atoms with van der Waals surface area (Å²) in [6.07, 6.45) is 3.42. The molecule has 30 heavy (non-hydrogen) atoms. The number of likely N-dealkylation sites (N-methyl/N-ethyl adjacent to an activating group) is 1. The molecule has 178 valence electrons. The van der Waals surface area contributed by atoms with Gasteiger partial charge in [0.1, 0.15) is 0 Å². The first-order chi connectivity index (χ1) is 14.2. The van der Waals surface area contributed by atoms with Gasteiger partial charge in [-0.2, -0.15) is 0 Å². The topological polar surface area (TPSA) is 63.4 Å². The van der Waals surface area contributed by atoms with Gasteiger partial charge in [-0.05, 0) is 33.6 Å². The molecule has 2 amide bonds. The molecule has 0 fully saturated rings. The zero-order valence-electron chi connectivity index (χ0n) is 20.5. The third kappa shape index (κ3) is 11.3. The van der Waals surface area contributed by atoms with Gasteiger partial charge >= 0.3 is 0 Å². The summed E-state index contributed by atoms with van der Waals surface area (Å²) in [6, 6.07) is 0. The van der Waals surface area contributed by atoms with Crippen LogP contribution in [0, 0.1) is 0 Å². The molecule has 0 heterocycles. The molecule has 2 N–H and O–H groups in total. The van der Waals surface area contributed by atoms with Crippen LogP contribution in [0.1, 0.15) is 53.9 Å². The highest BCUT2D eigenvalue weighted by Crippen LogP contribution is 2.17. The van der Waals surface area contributed by atoms with E-state index >= 15 is 0 Å². The Bertz CT molecular complexity index is 481. The lowest BCUT2D eigenvalue weighted by Gasteiger charge is -2.40. The Kier molecular flexibility index (Phi) is 16.0. The van der Waals surface area contributed by atoms with Crippen molar-refractivity contribution < 1.29 is 18.6 Å². The first-order valence-corrected chi connectivity index (χ1v) is 13.7. The second kappa shape index (κ2) is 16.2. The highest BCUT2D eigenvalue weighted by Gasteiger charge is 2.27. The normalized spacial score (nSPS) is 13.8. The molecule has 0 aromatic carbocycles. The Labute approximate surface area is 194 Å². The molecule has 1 atom stereocenters. The Morgan fingerprint density at radius 3 is 1.83 bits per heavy atom. The minimum atomic E-state index is -0.301. The molecule has 0 aliphatic heterocycles. The van der Waals surface area contributed by atoms with Gasteiger partial charge in [0, 0.05) is 7.05 Å². The molecule has 0 aromatic rings. The van der Waals surface area contributed by atoms with Crippen LogP contribution in [0.5, 0.6) is 0 Å². The van der Waals surface area contributed by atoms with E-state index in [1.54, 1.807) is 0 Å². The maximum absolute atomic E-state index is 12.7. The number of unbranched alkanes of at least 4 members (excludes halogenated alkanes) is 1. The van der Waals surface area contributed by atoms with E-state index in [4.69, 9.17) is 5.73 Å². The number of thioether (sulfide) groups is 2. The zero-order valence-corrected chi connectivity index (χ0v) is 22.1. The molecular weight excluding hydrogens is 416 g/mol. The molecular formula is C22H48N4O2S2+2. The fourth-order valence-corrected chi connectivity index (χ4v) is 5.66. The van der Waals surface area contributed by atoms with Gasteiger partial charge < -0.3 is 19.6 Å². The lowest BCUT2D eigenvalue weighted by Crippen LogP contribution is -2.54. The van der Waals surface area contributed by atoms with Crippen LogP contribution >= 0.6 is 23.5 Å². The molecule has 0 aliphatic rings. The first-order valence-electron chi connectivity index (χ1n) is 11.7. The van der Waals surface area contributed by atoms with Crippen molar-refractivity contribution in [3.8, 4) is 0 Å². The largest absolute Gasteiger partial charge is 0.361 e. The molecule has 0 radical (unpaired) electrons. The number of amides is 2. The van der Waals surface area contributed by atoms with E-state index in [1.807, 2.05) is 11.9 Å². The Hall–Kier alpha value is -0.440. The van der Waals surface area contributed by atoms with Crippen molar-refractivity contribution in [2.24, 2.45) is 5.73 Å². The number of hydrogen-bond donors (Lipinski definition) is 1. The number of primary amides is 1. The summed E-state index contributed by atoms with van der Waals surface area (Å²) in [5.41, 5.74) is 5.33. The first kappa shape index (κ1) is 29.6. The van der Waals surface area contributed by atoms with Gasteiger partial charge in [-0.1, -0.05) is 43.8 Å². The van der Waals surface area contributed by atoms with Crippen molar-refractivity contribution in [2.45, 2.75) is 53.9 Å². The molecule has 0 bridgehead atoms. The van der Waals surface area contributed by atoms with E-state index < -0.39 is 0 Å². The number of hydrogen-bond acceptors (Lipinski definition) is 4. The van der Waals surface area contributed by atoms with E-state index in [0.717, 1.165) is 92.2 Å². The Morgan fingerprint density at radius 1 is 0.767 bits per heavy atom. The van der Waals surface area contributed by atoms with Gasteiger partial charge in [-0.3, -0.25) is 9.59 Å². The van der Waals surface area contributed by atoms with Gasteiger partial charge in [-0.15, -0.1) is 0 Å². The quantitative estimate of drug-likeness (QED) is 0.322.